The summed E-state index contributed by atoms with van der Waals surface area (Å²) in [6, 6.07) is 5.24. The van der Waals surface area contributed by atoms with Gasteiger partial charge in [0.1, 0.15) is 12.1 Å². The van der Waals surface area contributed by atoms with Crippen LogP contribution >= 0.6 is 0 Å². The smallest absolute Gasteiger partial charge is 0.256 e. The van der Waals surface area contributed by atoms with E-state index in [-0.39, 0.29) is 17.5 Å². The van der Waals surface area contributed by atoms with E-state index in [2.05, 4.69) is 26.7 Å². The van der Waals surface area contributed by atoms with E-state index in [0.717, 1.165) is 24.4 Å². The van der Waals surface area contributed by atoms with Crippen molar-refractivity contribution in [1.29, 1.82) is 0 Å². The van der Waals surface area contributed by atoms with Crippen LogP contribution in [0.1, 0.15) is 41.4 Å². The van der Waals surface area contributed by atoms with Crippen LogP contribution in [0.5, 0.6) is 0 Å². The average molecular weight is 458 g/mol. The van der Waals surface area contributed by atoms with Crippen molar-refractivity contribution < 1.29 is 9.18 Å². The molecule has 2 fully saturated rings. The highest BCUT2D eigenvalue weighted by Gasteiger charge is 2.33. The van der Waals surface area contributed by atoms with Crippen LogP contribution in [0.4, 0.5) is 4.39 Å². The molecule has 0 bridgehead atoms. The molecule has 2 aliphatic carbocycles. The number of carbonyl (C=O) groups is 1. The van der Waals surface area contributed by atoms with Crippen LogP contribution < -0.4 is 5.73 Å². The Morgan fingerprint density at radius 2 is 1.97 bits per heavy atom. The SMILES string of the molecule is CCc1ncnc(-c2ccc(C(=O)N3CCN(C4CC4)CC3)c(F)c2)c1C#CC1=CC(N)C=C1. The second-order valence-corrected chi connectivity index (χ2v) is 8.96. The second kappa shape index (κ2) is 9.49. The molecule has 1 unspecified atom stereocenters. The maximum Gasteiger partial charge on any atom is 0.256 e. The highest BCUT2D eigenvalue weighted by molar-refractivity contribution is 5.95. The van der Waals surface area contributed by atoms with Crippen LogP contribution in [-0.2, 0) is 6.42 Å². The summed E-state index contributed by atoms with van der Waals surface area (Å²) in [4.78, 5) is 26.0. The van der Waals surface area contributed by atoms with Gasteiger partial charge < -0.3 is 10.6 Å². The van der Waals surface area contributed by atoms with Crippen LogP contribution in [-0.4, -0.2) is 63.9 Å². The molecule has 3 aliphatic rings. The number of hydrogen-bond donors (Lipinski definition) is 1. The van der Waals surface area contributed by atoms with Crippen molar-refractivity contribution in [3.8, 4) is 23.1 Å². The minimum absolute atomic E-state index is 0.0938. The Hall–Kier alpha value is -3.34. The van der Waals surface area contributed by atoms with Gasteiger partial charge in [-0.2, -0.15) is 0 Å². The summed E-state index contributed by atoms with van der Waals surface area (Å²) in [5.41, 5.74) is 9.38. The van der Waals surface area contributed by atoms with Crippen LogP contribution in [0.3, 0.4) is 0 Å². The summed E-state index contributed by atoms with van der Waals surface area (Å²) >= 11 is 0. The molecular weight excluding hydrogens is 429 g/mol. The summed E-state index contributed by atoms with van der Waals surface area (Å²) in [6.07, 6.45) is 10.3. The third kappa shape index (κ3) is 4.65. The molecule has 1 atom stereocenters. The summed E-state index contributed by atoms with van der Waals surface area (Å²) in [6.45, 7) is 4.98. The number of halogens is 1. The van der Waals surface area contributed by atoms with E-state index in [1.807, 2.05) is 25.2 Å². The molecule has 7 heteroatoms. The minimum Gasteiger partial charge on any atom is -0.336 e. The molecule has 1 amide bonds. The maximum absolute atomic E-state index is 15.2. The van der Waals surface area contributed by atoms with E-state index in [1.165, 1.54) is 25.2 Å². The Morgan fingerprint density at radius 1 is 1.18 bits per heavy atom. The number of rotatable bonds is 4. The van der Waals surface area contributed by atoms with Gasteiger partial charge in [-0.05, 0) is 43.5 Å². The van der Waals surface area contributed by atoms with Gasteiger partial charge in [-0.3, -0.25) is 9.69 Å². The molecule has 34 heavy (non-hydrogen) atoms. The molecule has 0 spiro atoms. The predicted molar refractivity (Wildman–Crippen MR) is 129 cm³/mol. The molecule has 2 aromatic rings. The molecule has 2 heterocycles. The predicted octanol–water partition coefficient (Wildman–Crippen LogP) is 2.94. The van der Waals surface area contributed by atoms with E-state index >= 15 is 4.39 Å². The molecule has 1 saturated heterocycles. The first kappa shape index (κ1) is 22.5. The Morgan fingerprint density at radius 3 is 2.62 bits per heavy atom. The molecule has 1 aliphatic heterocycles. The van der Waals surface area contributed by atoms with Gasteiger partial charge in [0.25, 0.3) is 5.91 Å². The largest absolute Gasteiger partial charge is 0.336 e. The van der Waals surface area contributed by atoms with Gasteiger partial charge in [0.2, 0.25) is 0 Å². The Kier molecular flexibility index (Phi) is 6.27. The van der Waals surface area contributed by atoms with Crippen LogP contribution in [0.25, 0.3) is 11.3 Å². The van der Waals surface area contributed by atoms with E-state index in [1.54, 1.807) is 17.0 Å². The van der Waals surface area contributed by atoms with Crippen molar-refractivity contribution in [2.24, 2.45) is 5.73 Å². The number of allylic oxidation sites excluding steroid dienone is 2. The zero-order valence-electron chi connectivity index (χ0n) is 19.3. The molecule has 2 N–H and O–H groups in total. The van der Waals surface area contributed by atoms with Crippen LogP contribution in [0.15, 0.2) is 48.3 Å². The fourth-order valence-corrected chi connectivity index (χ4v) is 4.53. The normalized spacial score (nSPS) is 20.1. The van der Waals surface area contributed by atoms with E-state index in [0.29, 0.717) is 42.4 Å². The molecular formula is C27H28FN5O. The number of aromatic nitrogens is 2. The van der Waals surface area contributed by atoms with E-state index < -0.39 is 5.82 Å². The molecule has 1 aromatic carbocycles. The molecule has 5 rings (SSSR count). The average Bonchev–Trinajstić information content (AvgIpc) is 3.63. The summed E-state index contributed by atoms with van der Waals surface area (Å²) < 4.78 is 15.2. The van der Waals surface area contributed by atoms with Gasteiger partial charge >= 0.3 is 0 Å². The Labute approximate surface area is 199 Å². The van der Waals surface area contributed by atoms with Crippen molar-refractivity contribution in [3.63, 3.8) is 0 Å². The molecule has 0 radical (unpaired) electrons. The van der Waals surface area contributed by atoms with Crippen LogP contribution in [0, 0.1) is 17.7 Å². The monoisotopic (exact) mass is 457 g/mol. The zero-order valence-corrected chi connectivity index (χ0v) is 19.3. The zero-order chi connectivity index (χ0) is 23.7. The number of benzene rings is 1. The summed E-state index contributed by atoms with van der Waals surface area (Å²) in [7, 11) is 0. The standard InChI is InChI=1S/C27H28FN5O/c1-2-25-23(9-4-18-3-6-20(29)15-18)26(31-17-30-25)19-5-10-22(24(28)16-19)27(34)33-13-11-32(12-14-33)21-7-8-21/h3,5-6,10,15-17,20-21H,2,7-8,11-14,29H2,1H3. The lowest BCUT2D eigenvalue weighted by atomic mass is 10.0. The van der Waals surface area contributed by atoms with Crippen molar-refractivity contribution in [2.45, 2.75) is 38.3 Å². The second-order valence-electron chi connectivity index (χ2n) is 8.96. The first-order chi connectivity index (χ1) is 16.5. The van der Waals surface area contributed by atoms with Gasteiger partial charge in [0.05, 0.1) is 22.5 Å². The van der Waals surface area contributed by atoms with E-state index in [4.69, 9.17) is 5.73 Å². The molecule has 6 nitrogen and oxygen atoms in total. The first-order valence-corrected chi connectivity index (χ1v) is 11.9. The van der Waals surface area contributed by atoms with Crippen molar-refractivity contribution in [3.05, 3.63) is 71.0 Å². The highest BCUT2D eigenvalue weighted by Crippen LogP contribution is 2.29. The fourth-order valence-electron chi connectivity index (χ4n) is 4.53. The number of piperazine rings is 1. The van der Waals surface area contributed by atoms with Crippen LogP contribution in [0.2, 0.25) is 0 Å². The fraction of sp³-hybridized carbons (Fsp3) is 0.370. The van der Waals surface area contributed by atoms with Gasteiger partial charge in [0, 0.05) is 49.4 Å². The lowest BCUT2D eigenvalue weighted by Gasteiger charge is -2.34. The van der Waals surface area contributed by atoms with Gasteiger partial charge in [0.15, 0.2) is 0 Å². The molecule has 1 saturated carbocycles. The topological polar surface area (TPSA) is 75.4 Å². The highest BCUT2D eigenvalue weighted by atomic mass is 19.1. The lowest BCUT2D eigenvalue weighted by Crippen LogP contribution is -2.49. The lowest BCUT2D eigenvalue weighted by molar-refractivity contribution is 0.0623. The number of nitrogens with two attached hydrogens (primary N) is 1. The Bertz CT molecular complexity index is 1230. The van der Waals surface area contributed by atoms with Crippen molar-refractivity contribution >= 4 is 5.91 Å². The van der Waals surface area contributed by atoms with Gasteiger partial charge in [-0.1, -0.05) is 30.9 Å². The van der Waals surface area contributed by atoms with Crippen molar-refractivity contribution in [1.82, 2.24) is 19.8 Å². The quantitative estimate of drug-likeness (QED) is 0.715. The number of carbonyl (C=O) groups excluding carboxylic acids is 1. The van der Waals surface area contributed by atoms with Gasteiger partial charge in [-0.25, -0.2) is 14.4 Å². The third-order valence-electron chi connectivity index (χ3n) is 6.60. The number of amides is 1. The van der Waals surface area contributed by atoms with Gasteiger partial charge in [-0.15, -0.1) is 0 Å². The minimum atomic E-state index is -0.546. The number of nitrogens with zero attached hydrogens (tertiary/aromatic N) is 4. The number of hydrogen-bond acceptors (Lipinski definition) is 5. The van der Waals surface area contributed by atoms with E-state index in [9.17, 15) is 4.79 Å². The Balaban J connectivity index is 1.40. The van der Waals surface area contributed by atoms with Crippen molar-refractivity contribution in [2.75, 3.05) is 26.2 Å². The summed E-state index contributed by atoms with van der Waals surface area (Å²) in [5, 5.41) is 0. The molecule has 174 valence electrons. The molecule has 1 aromatic heterocycles. The maximum atomic E-state index is 15.2. The third-order valence-corrected chi connectivity index (χ3v) is 6.60. The first-order valence-electron chi connectivity index (χ1n) is 11.9. The number of aryl methyl sites for hydroxylation is 1. The summed E-state index contributed by atoms with van der Waals surface area (Å²) in [5.74, 6) is 5.49.